The molecule has 0 bridgehead atoms. The zero-order valence-corrected chi connectivity index (χ0v) is 17.7. The molecule has 2 aromatic rings. The van der Waals surface area contributed by atoms with Gasteiger partial charge in [0.15, 0.2) is 5.69 Å². The van der Waals surface area contributed by atoms with Gasteiger partial charge in [-0.05, 0) is 49.9 Å². The van der Waals surface area contributed by atoms with E-state index in [9.17, 15) is 9.59 Å². The number of benzene rings is 1. The van der Waals surface area contributed by atoms with Crippen LogP contribution in [0.15, 0.2) is 28.7 Å². The van der Waals surface area contributed by atoms with Gasteiger partial charge in [-0.3, -0.25) is 9.59 Å². The van der Waals surface area contributed by atoms with E-state index in [1.807, 2.05) is 24.3 Å². The fraction of sp³-hybridized carbons (Fsp3) is 0.500. The third-order valence-electron chi connectivity index (χ3n) is 5.44. The lowest BCUT2D eigenvalue weighted by Gasteiger charge is -2.33. The maximum Gasteiger partial charge on any atom is 0.276 e. The average Bonchev–Trinajstić information content (AvgIpc) is 3.45. The van der Waals surface area contributed by atoms with Crippen LogP contribution in [0.3, 0.4) is 0 Å². The van der Waals surface area contributed by atoms with Gasteiger partial charge in [0.1, 0.15) is 0 Å². The topological polar surface area (TPSA) is 71.3 Å². The summed E-state index contributed by atoms with van der Waals surface area (Å²) in [7, 11) is 3.52. The molecule has 2 amide bonds. The molecular formula is C20H24BrN5O2. The van der Waals surface area contributed by atoms with E-state index in [-0.39, 0.29) is 17.7 Å². The first-order chi connectivity index (χ1) is 13.5. The molecule has 1 atom stereocenters. The van der Waals surface area contributed by atoms with E-state index < -0.39 is 0 Å². The first kappa shape index (κ1) is 19.1. The van der Waals surface area contributed by atoms with E-state index in [0.717, 1.165) is 41.5 Å². The van der Waals surface area contributed by atoms with Crippen LogP contribution < -0.4 is 0 Å². The van der Waals surface area contributed by atoms with Gasteiger partial charge in [-0.15, -0.1) is 5.10 Å². The minimum atomic E-state index is -0.140. The molecule has 0 spiro atoms. The second kappa shape index (κ2) is 7.66. The lowest BCUT2D eigenvalue weighted by atomic mass is 9.96. The molecule has 1 saturated carbocycles. The van der Waals surface area contributed by atoms with Gasteiger partial charge >= 0.3 is 0 Å². The van der Waals surface area contributed by atoms with Crippen molar-refractivity contribution in [2.45, 2.75) is 31.6 Å². The van der Waals surface area contributed by atoms with Gasteiger partial charge in [-0.1, -0.05) is 21.1 Å². The van der Waals surface area contributed by atoms with Crippen LogP contribution in [0.4, 0.5) is 0 Å². The van der Waals surface area contributed by atoms with Gasteiger partial charge in [-0.25, -0.2) is 4.68 Å². The van der Waals surface area contributed by atoms with E-state index in [4.69, 9.17) is 0 Å². The number of amides is 2. The summed E-state index contributed by atoms with van der Waals surface area (Å²) in [5, 5.41) is 8.58. The van der Waals surface area contributed by atoms with Crippen molar-refractivity contribution in [1.82, 2.24) is 24.8 Å². The maximum atomic E-state index is 13.3. The van der Waals surface area contributed by atoms with Gasteiger partial charge in [0.2, 0.25) is 5.91 Å². The number of carbonyl (C=O) groups is 2. The summed E-state index contributed by atoms with van der Waals surface area (Å²) >= 11 is 3.45. The second-order valence-electron chi connectivity index (χ2n) is 7.81. The molecule has 148 valence electrons. The molecule has 4 rings (SSSR count). The molecule has 1 saturated heterocycles. The minimum Gasteiger partial charge on any atom is -0.349 e. The lowest BCUT2D eigenvalue weighted by molar-refractivity contribution is -0.134. The predicted molar refractivity (Wildman–Crippen MR) is 108 cm³/mol. The SMILES string of the molecule is CN(C)C(=O)C1CCCN(C(=O)c2nnn(-c3ccc(Br)cc3)c2C2CC2)C1. The summed E-state index contributed by atoms with van der Waals surface area (Å²) in [5.41, 5.74) is 2.23. The Morgan fingerprint density at radius 3 is 2.50 bits per heavy atom. The van der Waals surface area contributed by atoms with Crippen LogP contribution in [0, 0.1) is 5.92 Å². The van der Waals surface area contributed by atoms with Gasteiger partial charge in [0.25, 0.3) is 5.91 Å². The van der Waals surface area contributed by atoms with E-state index in [1.54, 1.807) is 28.6 Å². The highest BCUT2D eigenvalue weighted by Gasteiger charge is 2.37. The zero-order chi connectivity index (χ0) is 19.8. The third kappa shape index (κ3) is 3.70. The molecule has 2 fully saturated rings. The number of hydrogen-bond donors (Lipinski definition) is 0. The normalized spacial score (nSPS) is 19.5. The van der Waals surface area contributed by atoms with Crippen molar-refractivity contribution in [1.29, 1.82) is 0 Å². The molecule has 28 heavy (non-hydrogen) atoms. The Labute approximate surface area is 172 Å². The highest BCUT2D eigenvalue weighted by Crippen LogP contribution is 2.42. The molecule has 7 nitrogen and oxygen atoms in total. The molecule has 2 aliphatic rings. The molecule has 1 aliphatic heterocycles. The number of nitrogens with zero attached hydrogens (tertiary/aromatic N) is 5. The first-order valence-electron chi connectivity index (χ1n) is 9.67. The number of piperidine rings is 1. The number of likely N-dealkylation sites (tertiary alicyclic amines) is 1. The maximum absolute atomic E-state index is 13.3. The molecule has 8 heteroatoms. The molecule has 1 aromatic heterocycles. The molecule has 0 radical (unpaired) electrons. The Bertz CT molecular complexity index is 889. The number of hydrogen-bond acceptors (Lipinski definition) is 4. The Hall–Kier alpha value is -2.22. The minimum absolute atomic E-state index is 0.0819. The zero-order valence-electron chi connectivity index (χ0n) is 16.1. The number of aromatic nitrogens is 3. The summed E-state index contributed by atoms with van der Waals surface area (Å²) in [4.78, 5) is 29.0. The summed E-state index contributed by atoms with van der Waals surface area (Å²) in [5.74, 6) is 0.153. The quantitative estimate of drug-likeness (QED) is 0.725. The van der Waals surface area contributed by atoms with Crippen molar-refractivity contribution in [3.63, 3.8) is 0 Å². The van der Waals surface area contributed by atoms with E-state index in [2.05, 4.69) is 26.2 Å². The Morgan fingerprint density at radius 1 is 1.14 bits per heavy atom. The van der Waals surface area contributed by atoms with E-state index in [0.29, 0.717) is 24.7 Å². The molecule has 2 heterocycles. The van der Waals surface area contributed by atoms with Crippen LogP contribution in [-0.2, 0) is 4.79 Å². The molecule has 1 unspecified atom stereocenters. The summed E-state index contributed by atoms with van der Waals surface area (Å²) < 4.78 is 2.79. The summed E-state index contributed by atoms with van der Waals surface area (Å²) in [6.45, 7) is 1.11. The van der Waals surface area contributed by atoms with Crippen molar-refractivity contribution in [3.8, 4) is 5.69 Å². The highest BCUT2D eigenvalue weighted by atomic mass is 79.9. The van der Waals surface area contributed by atoms with Crippen LogP contribution in [0.1, 0.15) is 47.8 Å². The molecule has 1 aliphatic carbocycles. The first-order valence-corrected chi connectivity index (χ1v) is 10.5. The fourth-order valence-electron chi connectivity index (χ4n) is 3.82. The van der Waals surface area contributed by atoms with E-state index >= 15 is 0 Å². The van der Waals surface area contributed by atoms with Crippen molar-refractivity contribution < 1.29 is 9.59 Å². The van der Waals surface area contributed by atoms with Crippen LogP contribution in [0.5, 0.6) is 0 Å². The lowest BCUT2D eigenvalue weighted by Crippen LogP contribution is -2.45. The Kier molecular flexibility index (Phi) is 5.23. The van der Waals surface area contributed by atoms with Crippen LogP contribution in [-0.4, -0.2) is 63.8 Å². The fourth-order valence-corrected chi connectivity index (χ4v) is 4.08. The van der Waals surface area contributed by atoms with Crippen molar-refractivity contribution >= 4 is 27.7 Å². The summed E-state index contributed by atoms with van der Waals surface area (Å²) in [6.07, 6.45) is 3.75. The molecular weight excluding hydrogens is 422 g/mol. The predicted octanol–water partition coefficient (Wildman–Crippen LogP) is 2.85. The van der Waals surface area contributed by atoms with Crippen molar-refractivity contribution in [2.24, 2.45) is 5.92 Å². The third-order valence-corrected chi connectivity index (χ3v) is 5.97. The van der Waals surface area contributed by atoms with Gasteiger partial charge in [0.05, 0.1) is 17.3 Å². The number of rotatable bonds is 4. The smallest absolute Gasteiger partial charge is 0.276 e. The van der Waals surface area contributed by atoms with Crippen LogP contribution in [0.25, 0.3) is 5.69 Å². The largest absolute Gasteiger partial charge is 0.349 e. The highest BCUT2D eigenvalue weighted by molar-refractivity contribution is 9.10. The van der Waals surface area contributed by atoms with Crippen molar-refractivity contribution in [3.05, 3.63) is 40.1 Å². The Morgan fingerprint density at radius 2 is 1.86 bits per heavy atom. The number of halogens is 1. The van der Waals surface area contributed by atoms with E-state index in [1.165, 1.54) is 0 Å². The van der Waals surface area contributed by atoms with Gasteiger partial charge < -0.3 is 9.80 Å². The summed E-state index contributed by atoms with van der Waals surface area (Å²) in [6, 6.07) is 7.84. The standard InChI is InChI=1S/C20H24BrN5O2/c1-24(2)19(27)14-4-3-11-25(12-14)20(28)17-18(13-5-6-13)26(23-22-17)16-9-7-15(21)8-10-16/h7-10,13-14H,3-6,11-12H2,1-2H3. The Balaban J connectivity index is 1.61. The van der Waals surface area contributed by atoms with Gasteiger partial charge in [0, 0.05) is 37.6 Å². The average molecular weight is 446 g/mol. The van der Waals surface area contributed by atoms with Crippen molar-refractivity contribution in [2.75, 3.05) is 27.2 Å². The second-order valence-corrected chi connectivity index (χ2v) is 8.72. The van der Waals surface area contributed by atoms with Crippen LogP contribution in [0.2, 0.25) is 0 Å². The van der Waals surface area contributed by atoms with Crippen LogP contribution >= 0.6 is 15.9 Å². The number of carbonyl (C=O) groups excluding carboxylic acids is 2. The monoisotopic (exact) mass is 445 g/mol. The molecule has 1 aromatic carbocycles. The molecule has 0 N–H and O–H groups in total. The van der Waals surface area contributed by atoms with Gasteiger partial charge in [-0.2, -0.15) is 0 Å².